The van der Waals surface area contributed by atoms with Crippen molar-refractivity contribution < 1.29 is 0 Å². The van der Waals surface area contributed by atoms with Crippen molar-refractivity contribution in [3.63, 3.8) is 0 Å². The van der Waals surface area contributed by atoms with E-state index in [0.29, 0.717) is 6.42 Å². The van der Waals surface area contributed by atoms with Crippen molar-refractivity contribution in [1.82, 2.24) is 9.97 Å². The van der Waals surface area contributed by atoms with Crippen molar-refractivity contribution in [2.24, 2.45) is 20.0 Å². The number of unbranched alkanes of at least 4 members (excludes halogenated alkanes) is 2. The number of fused-ring (bicyclic) bond motifs is 2. The lowest BCUT2D eigenvalue weighted by Gasteiger charge is -2.12. The summed E-state index contributed by atoms with van der Waals surface area (Å²) in [6.07, 6.45) is 13.6. The number of pyridine rings is 2. The van der Waals surface area contributed by atoms with Gasteiger partial charge >= 0.3 is 0 Å². The Hall–Kier alpha value is -4.06. The Labute approximate surface area is 263 Å². The molecule has 0 saturated carbocycles. The Morgan fingerprint density at radius 3 is 1.73 bits per heavy atom. The monoisotopic (exact) mass is 588 g/mol. The summed E-state index contributed by atoms with van der Waals surface area (Å²) >= 11 is 0. The van der Waals surface area contributed by atoms with Gasteiger partial charge in [-0.1, -0.05) is 70.0 Å². The summed E-state index contributed by atoms with van der Waals surface area (Å²) in [4.78, 5) is 29.5. The van der Waals surface area contributed by atoms with E-state index in [0.717, 1.165) is 109 Å². The molecule has 0 bridgehead atoms. The summed E-state index contributed by atoms with van der Waals surface area (Å²) in [6.45, 7) is 10.6. The summed E-state index contributed by atoms with van der Waals surface area (Å²) in [5.74, 6) is 0. The lowest BCUT2D eigenvalue weighted by molar-refractivity contribution is 0.795. The minimum absolute atomic E-state index is 0.688. The number of hydrogen-bond acceptors (Lipinski definition) is 6. The van der Waals surface area contributed by atoms with E-state index >= 15 is 0 Å². The average Bonchev–Trinajstić information content (AvgIpc) is 3.04. The summed E-state index contributed by atoms with van der Waals surface area (Å²) in [7, 11) is 0. The number of hydrogen-bond donors (Lipinski definition) is 0. The third-order valence-corrected chi connectivity index (χ3v) is 7.71. The van der Waals surface area contributed by atoms with Gasteiger partial charge < -0.3 is 0 Å². The number of para-hydroxylation sites is 2. The molecule has 0 aliphatic rings. The number of rotatable bonds is 17. The van der Waals surface area contributed by atoms with Crippen LogP contribution in [-0.4, -0.2) is 45.9 Å². The van der Waals surface area contributed by atoms with Crippen LogP contribution in [0.5, 0.6) is 0 Å². The highest BCUT2D eigenvalue weighted by molar-refractivity contribution is 6.08. The van der Waals surface area contributed by atoms with E-state index in [4.69, 9.17) is 20.0 Å². The maximum Gasteiger partial charge on any atom is 0.0958 e. The molecule has 0 radical (unpaired) electrons. The number of benzene rings is 2. The van der Waals surface area contributed by atoms with Crippen molar-refractivity contribution in [1.29, 1.82) is 0 Å². The van der Waals surface area contributed by atoms with E-state index in [1.54, 1.807) is 0 Å². The van der Waals surface area contributed by atoms with Gasteiger partial charge in [-0.25, -0.2) is 0 Å². The van der Waals surface area contributed by atoms with E-state index in [2.05, 4.69) is 74.1 Å². The zero-order chi connectivity index (χ0) is 31.0. The smallest absolute Gasteiger partial charge is 0.0958 e. The summed E-state index contributed by atoms with van der Waals surface area (Å²) in [5, 5.41) is 2.19. The van der Waals surface area contributed by atoms with Gasteiger partial charge in [-0.05, 0) is 69.7 Å². The van der Waals surface area contributed by atoms with Crippen LogP contribution < -0.4 is 0 Å². The van der Waals surface area contributed by atoms with Gasteiger partial charge in [-0.15, -0.1) is 0 Å². The summed E-state index contributed by atoms with van der Waals surface area (Å²) in [6, 6.07) is 20.5. The second-order valence-corrected chi connectivity index (χ2v) is 11.4. The molecule has 0 aliphatic heterocycles. The van der Waals surface area contributed by atoms with Crippen LogP contribution in [-0.2, 0) is 0 Å². The van der Waals surface area contributed by atoms with Crippen LogP contribution in [0.25, 0.3) is 21.8 Å². The molecule has 6 heteroatoms. The third kappa shape index (κ3) is 10.0. The zero-order valence-corrected chi connectivity index (χ0v) is 27.1. The molecule has 0 fully saturated rings. The molecule has 2 aromatic carbocycles. The molecule has 0 unspecified atom stereocenters. The van der Waals surface area contributed by atoms with Gasteiger partial charge in [-0.3, -0.25) is 29.9 Å². The molecule has 0 amide bonds. The minimum Gasteiger partial charge on any atom is -0.294 e. The molecular weight excluding hydrogens is 540 g/mol. The Morgan fingerprint density at radius 1 is 0.591 bits per heavy atom. The fourth-order valence-electron chi connectivity index (χ4n) is 5.29. The Bertz CT molecular complexity index is 1600. The van der Waals surface area contributed by atoms with Gasteiger partial charge in [0.1, 0.15) is 0 Å². The van der Waals surface area contributed by atoms with Gasteiger partial charge in [0.25, 0.3) is 0 Å². The maximum atomic E-state index is 5.22. The Morgan fingerprint density at radius 2 is 1.14 bits per heavy atom. The van der Waals surface area contributed by atoms with E-state index in [1.165, 1.54) is 17.8 Å². The molecule has 0 aliphatic carbocycles. The fourth-order valence-corrected chi connectivity index (χ4v) is 5.29. The molecular formula is C38H48N6. The van der Waals surface area contributed by atoms with Crippen LogP contribution >= 0.6 is 0 Å². The van der Waals surface area contributed by atoms with E-state index < -0.39 is 0 Å². The van der Waals surface area contributed by atoms with Crippen molar-refractivity contribution in [3.05, 3.63) is 73.1 Å². The van der Waals surface area contributed by atoms with Crippen LogP contribution in [0, 0.1) is 0 Å². The van der Waals surface area contributed by atoms with Gasteiger partial charge in [0.15, 0.2) is 0 Å². The van der Waals surface area contributed by atoms with Gasteiger partial charge in [0, 0.05) is 71.9 Å². The second kappa shape index (κ2) is 17.9. The average molecular weight is 589 g/mol. The first-order valence-corrected chi connectivity index (χ1v) is 16.4. The van der Waals surface area contributed by atoms with Crippen LogP contribution in [0.2, 0.25) is 0 Å². The number of nitrogens with zero attached hydrogens (tertiary/aromatic N) is 6. The molecule has 0 atom stereocenters. The molecule has 0 saturated heterocycles. The molecule has 4 rings (SSSR count). The lowest BCUT2D eigenvalue weighted by atomic mass is 10.0. The Kier molecular flexibility index (Phi) is 13.4. The normalized spacial score (nSPS) is 13.3. The number of aromatic nitrogens is 2. The molecule has 4 aromatic rings. The zero-order valence-electron chi connectivity index (χ0n) is 27.1. The highest BCUT2D eigenvalue weighted by Gasteiger charge is 2.11. The third-order valence-electron chi connectivity index (χ3n) is 7.71. The van der Waals surface area contributed by atoms with E-state index in [1.807, 2.05) is 36.7 Å². The summed E-state index contributed by atoms with van der Waals surface area (Å²) < 4.78 is 0. The molecule has 0 spiro atoms. The quantitative estimate of drug-likeness (QED) is 0.0909. The SMILES string of the molecule is CCCCN=C(CC)CC(CCCC(CC(C)=Nc1cccc2cccnc12)=Nc1cccc2cccnc12)=NCCCC. The van der Waals surface area contributed by atoms with Crippen molar-refractivity contribution in [2.45, 2.75) is 91.9 Å². The molecule has 230 valence electrons. The van der Waals surface area contributed by atoms with Gasteiger partial charge in [-0.2, -0.15) is 0 Å². The highest BCUT2D eigenvalue weighted by Crippen LogP contribution is 2.27. The van der Waals surface area contributed by atoms with Crippen LogP contribution in [0.15, 0.2) is 93.0 Å². The van der Waals surface area contributed by atoms with Crippen molar-refractivity contribution >= 4 is 56.0 Å². The molecule has 0 N–H and O–H groups in total. The molecule has 44 heavy (non-hydrogen) atoms. The first-order chi connectivity index (χ1) is 21.6. The largest absolute Gasteiger partial charge is 0.294 e. The fraction of sp³-hybridized carbons (Fsp3) is 0.421. The molecule has 2 aromatic heterocycles. The Balaban J connectivity index is 1.58. The van der Waals surface area contributed by atoms with E-state index in [-0.39, 0.29) is 0 Å². The van der Waals surface area contributed by atoms with E-state index in [9.17, 15) is 0 Å². The lowest BCUT2D eigenvalue weighted by Crippen LogP contribution is -2.11. The first-order valence-electron chi connectivity index (χ1n) is 16.4. The predicted molar refractivity (Wildman–Crippen MR) is 191 cm³/mol. The van der Waals surface area contributed by atoms with Crippen LogP contribution in [0.1, 0.15) is 91.9 Å². The predicted octanol–water partition coefficient (Wildman–Crippen LogP) is 10.5. The first kappa shape index (κ1) is 32.8. The minimum atomic E-state index is 0.688. The highest BCUT2D eigenvalue weighted by atomic mass is 14.8. The standard InChI is InChI=1S/C38H48N6/c1-5-8-23-39-32(7-3)28-33(40-24-9-6-2)19-12-20-34(44-36-22-11-16-31-18-14-26-42-38(31)36)27-29(4)43-35-21-10-15-30-17-13-25-41-37(30)35/h10-11,13-18,21-22,25-26H,5-9,12,19-20,23-24,27-28H2,1-4H3. The van der Waals surface area contributed by atoms with Crippen molar-refractivity contribution in [3.8, 4) is 0 Å². The second-order valence-electron chi connectivity index (χ2n) is 11.4. The number of aliphatic imine (C=N–C) groups is 4. The van der Waals surface area contributed by atoms with Gasteiger partial charge in [0.2, 0.25) is 0 Å². The van der Waals surface area contributed by atoms with Gasteiger partial charge in [0.05, 0.1) is 22.4 Å². The van der Waals surface area contributed by atoms with Crippen LogP contribution in [0.4, 0.5) is 11.4 Å². The molecule has 2 heterocycles. The molecule has 6 nitrogen and oxygen atoms in total. The topological polar surface area (TPSA) is 75.2 Å². The summed E-state index contributed by atoms with van der Waals surface area (Å²) in [5.41, 5.74) is 8.33. The maximum absolute atomic E-state index is 5.22. The van der Waals surface area contributed by atoms with Crippen LogP contribution in [0.3, 0.4) is 0 Å². The van der Waals surface area contributed by atoms with Crippen molar-refractivity contribution in [2.75, 3.05) is 13.1 Å².